The third kappa shape index (κ3) is 5.01. The molecular formula is C19H23ClN2O5. The van der Waals surface area contributed by atoms with Crippen molar-refractivity contribution in [1.29, 1.82) is 0 Å². The number of carboxylic acid groups (broad SMARTS) is 1. The summed E-state index contributed by atoms with van der Waals surface area (Å²) < 4.78 is 5.22. The van der Waals surface area contributed by atoms with Crippen molar-refractivity contribution in [1.82, 2.24) is 10.2 Å². The molecule has 1 aliphatic rings. The van der Waals surface area contributed by atoms with Crippen LogP contribution in [0.1, 0.15) is 36.0 Å². The number of carbonyl (C=O) groups is 3. The van der Waals surface area contributed by atoms with Gasteiger partial charge >= 0.3 is 5.97 Å². The van der Waals surface area contributed by atoms with Gasteiger partial charge in [-0.1, -0.05) is 17.7 Å². The van der Waals surface area contributed by atoms with E-state index in [1.54, 1.807) is 18.2 Å². The number of aliphatic carboxylic acids is 1. The van der Waals surface area contributed by atoms with Crippen molar-refractivity contribution in [2.75, 3.05) is 13.7 Å². The zero-order valence-corrected chi connectivity index (χ0v) is 15.9. The number of allylic oxidation sites excluding steroid dienone is 1. The van der Waals surface area contributed by atoms with Gasteiger partial charge in [0.2, 0.25) is 5.91 Å². The highest BCUT2D eigenvalue weighted by atomic mass is 35.5. The number of halogens is 1. The van der Waals surface area contributed by atoms with Crippen LogP contribution in [0.25, 0.3) is 0 Å². The normalized spacial score (nSPS) is 17.3. The number of nitrogens with zero attached hydrogens (tertiary/aromatic N) is 1. The minimum atomic E-state index is -1.11. The van der Waals surface area contributed by atoms with E-state index < -0.39 is 24.0 Å². The van der Waals surface area contributed by atoms with Crippen LogP contribution in [0.3, 0.4) is 0 Å². The molecular weight excluding hydrogens is 372 g/mol. The predicted octanol–water partition coefficient (Wildman–Crippen LogP) is 2.49. The lowest BCUT2D eigenvalue weighted by Crippen LogP contribution is -2.50. The number of nitrogens with one attached hydrogen (secondary N) is 1. The second-order valence-electron chi connectivity index (χ2n) is 6.27. The number of carboxylic acids is 1. The molecule has 2 rings (SSSR count). The Labute approximate surface area is 162 Å². The van der Waals surface area contributed by atoms with Gasteiger partial charge in [-0.05, 0) is 43.9 Å². The van der Waals surface area contributed by atoms with Gasteiger partial charge in [-0.25, -0.2) is 4.79 Å². The van der Waals surface area contributed by atoms with Gasteiger partial charge in [-0.2, -0.15) is 0 Å². The Morgan fingerprint density at radius 1 is 1.48 bits per heavy atom. The van der Waals surface area contributed by atoms with Crippen molar-refractivity contribution in [3.8, 4) is 5.75 Å². The molecule has 27 heavy (non-hydrogen) atoms. The molecule has 2 N–H and O–H groups in total. The van der Waals surface area contributed by atoms with Crippen molar-refractivity contribution in [2.45, 2.75) is 37.8 Å². The van der Waals surface area contributed by atoms with Gasteiger partial charge in [0.15, 0.2) is 0 Å². The minimum Gasteiger partial charge on any atom is -0.496 e. The number of amides is 2. The fraction of sp³-hybridized carbons (Fsp3) is 0.421. The molecule has 0 bridgehead atoms. The lowest BCUT2D eigenvalue weighted by molar-refractivity contribution is -0.142. The Morgan fingerprint density at radius 2 is 2.22 bits per heavy atom. The average Bonchev–Trinajstić information content (AvgIpc) is 3.14. The average molecular weight is 395 g/mol. The Balaban J connectivity index is 2.17. The molecule has 1 aliphatic heterocycles. The summed E-state index contributed by atoms with van der Waals surface area (Å²) in [6, 6.07) is 2.96. The van der Waals surface area contributed by atoms with Gasteiger partial charge in [0.25, 0.3) is 5.91 Å². The van der Waals surface area contributed by atoms with E-state index >= 15 is 0 Å². The first-order valence-corrected chi connectivity index (χ1v) is 9.05. The molecule has 0 aliphatic carbocycles. The number of hydrogen-bond donors (Lipinski definition) is 2. The summed E-state index contributed by atoms with van der Waals surface area (Å²) >= 11 is 6.00. The molecule has 2 amide bonds. The highest BCUT2D eigenvalue weighted by Crippen LogP contribution is 2.27. The Kier molecular flexibility index (Phi) is 7.24. The molecule has 0 saturated carbocycles. The van der Waals surface area contributed by atoms with Crippen LogP contribution in [-0.2, 0) is 9.59 Å². The van der Waals surface area contributed by atoms with Crippen LogP contribution < -0.4 is 10.1 Å². The highest BCUT2D eigenvalue weighted by molar-refractivity contribution is 6.31. The summed E-state index contributed by atoms with van der Waals surface area (Å²) in [5.41, 5.74) is 0.270. The van der Waals surface area contributed by atoms with Crippen molar-refractivity contribution in [3.63, 3.8) is 0 Å². The molecule has 8 heteroatoms. The summed E-state index contributed by atoms with van der Waals surface area (Å²) in [4.78, 5) is 38.4. The topological polar surface area (TPSA) is 95.9 Å². The first kappa shape index (κ1) is 20.8. The number of benzene rings is 1. The summed E-state index contributed by atoms with van der Waals surface area (Å²) in [7, 11) is 1.45. The molecule has 1 heterocycles. The molecule has 1 saturated heterocycles. The molecule has 2 atom stereocenters. The quantitative estimate of drug-likeness (QED) is 0.660. The van der Waals surface area contributed by atoms with Gasteiger partial charge in [-0.15, -0.1) is 6.58 Å². The summed E-state index contributed by atoms with van der Waals surface area (Å²) in [6.45, 7) is 3.96. The first-order chi connectivity index (χ1) is 12.9. The van der Waals surface area contributed by atoms with Crippen LogP contribution in [0, 0.1) is 0 Å². The summed E-state index contributed by atoms with van der Waals surface area (Å²) in [5.74, 6) is -1.59. The van der Waals surface area contributed by atoms with E-state index in [4.69, 9.17) is 16.3 Å². The van der Waals surface area contributed by atoms with Crippen molar-refractivity contribution >= 4 is 29.4 Å². The van der Waals surface area contributed by atoms with Crippen LogP contribution in [0.2, 0.25) is 5.02 Å². The van der Waals surface area contributed by atoms with Gasteiger partial charge in [0.1, 0.15) is 17.8 Å². The number of rotatable bonds is 8. The number of likely N-dealkylation sites (tertiary alicyclic amines) is 1. The maximum atomic E-state index is 13.0. The lowest BCUT2D eigenvalue weighted by Gasteiger charge is -2.26. The molecule has 1 aromatic carbocycles. The maximum absolute atomic E-state index is 13.0. The van der Waals surface area contributed by atoms with Crippen molar-refractivity contribution < 1.29 is 24.2 Å². The van der Waals surface area contributed by atoms with Gasteiger partial charge in [0.05, 0.1) is 12.7 Å². The highest BCUT2D eigenvalue weighted by Gasteiger charge is 2.37. The SMILES string of the molecule is C=CCCC(NC(=O)C1CCCN1C(=O)c1cc(Cl)ccc1OC)C(=O)O. The molecule has 0 spiro atoms. The first-order valence-electron chi connectivity index (χ1n) is 8.67. The molecule has 146 valence electrons. The summed E-state index contributed by atoms with van der Waals surface area (Å²) in [6.07, 6.45) is 3.42. The second kappa shape index (κ2) is 9.41. The van der Waals surface area contributed by atoms with Crippen LogP contribution >= 0.6 is 11.6 Å². The smallest absolute Gasteiger partial charge is 0.326 e. The third-order valence-corrected chi connectivity index (χ3v) is 4.72. The minimum absolute atomic E-state index is 0.243. The predicted molar refractivity (Wildman–Crippen MR) is 101 cm³/mol. The van der Waals surface area contributed by atoms with Gasteiger partial charge < -0.3 is 20.1 Å². The monoisotopic (exact) mass is 394 g/mol. The zero-order chi connectivity index (χ0) is 20.0. The largest absolute Gasteiger partial charge is 0.496 e. The van der Waals surface area contributed by atoms with Crippen LogP contribution in [0.15, 0.2) is 30.9 Å². The van der Waals surface area contributed by atoms with Gasteiger partial charge in [-0.3, -0.25) is 9.59 Å². The molecule has 7 nitrogen and oxygen atoms in total. The van der Waals surface area contributed by atoms with E-state index in [2.05, 4.69) is 11.9 Å². The fourth-order valence-corrected chi connectivity index (χ4v) is 3.27. The van der Waals surface area contributed by atoms with E-state index in [1.807, 2.05) is 0 Å². The Hall–Kier alpha value is -2.54. The standard InChI is InChI=1S/C19H23ClN2O5/c1-3-4-6-14(19(25)26)21-17(23)15-7-5-10-22(15)18(24)13-11-12(20)8-9-16(13)27-2/h3,8-9,11,14-15H,1,4-7,10H2,2H3,(H,21,23)(H,25,26). The Bertz CT molecular complexity index is 737. The van der Waals surface area contributed by atoms with Crippen LogP contribution in [0.5, 0.6) is 5.75 Å². The lowest BCUT2D eigenvalue weighted by atomic mass is 10.1. The molecule has 0 aromatic heterocycles. The van der Waals surface area contributed by atoms with E-state index in [1.165, 1.54) is 18.1 Å². The van der Waals surface area contributed by atoms with Crippen molar-refractivity contribution in [3.05, 3.63) is 41.4 Å². The van der Waals surface area contributed by atoms with E-state index in [9.17, 15) is 19.5 Å². The van der Waals surface area contributed by atoms with Crippen LogP contribution in [0.4, 0.5) is 0 Å². The third-order valence-electron chi connectivity index (χ3n) is 4.48. The maximum Gasteiger partial charge on any atom is 0.326 e. The summed E-state index contributed by atoms with van der Waals surface area (Å²) in [5, 5.41) is 12.2. The molecule has 1 aromatic rings. The van der Waals surface area contributed by atoms with E-state index in [-0.39, 0.29) is 17.9 Å². The van der Waals surface area contributed by atoms with Gasteiger partial charge in [0, 0.05) is 11.6 Å². The van der Waals surface area contributed by atoms with E-state index in [0.717, 1.165) is 0 Å². The molecule has 2 unspecified atom stereocenters. The number of ether oxygens (including phenoxy) is 1. The fourth-order valence-electron chi connectivity index (χ4n) is 3.09. The number of hydrogen-bond acceptors (Lipinski definition) is 4. The van der Waals surface area contributed by atoms with E-state index in [0.29, 0.717) is 36.6 Å². The van der Waals surface area contributed by atoms with Crippen molar-refractivity contribution in [2.24, 2.45) is 0 Å². The zero-order valence-electron chi connectivity index (χ0n) is 15.1. The molecule has 1 fully saturated rings. The van der Waals surface area contributed by atoms with Crippen LogP contribution in [-0.4, -0.2) is 53.5 Å². The number of carbonyl (C=O) groups excluding carboxylic acids is 2. The second-order valence-corrected chi connectivity index (χ2v) is 6.70. The number of methoxy groups -OCH3 is 1. The Morgan fingerprint density at radius 3 is 2.85 bits per heavy atom. The molecule has 0 radical (unpaired) electrons.